The Morgan fingerprint density at radius 3 is 1.64 bits per heavy atom. The van der Waals surface area contributed by atoms with Gasteiger partial charge < -0.3 is 9.32 Å². The minimum Gasteiger partial charge on any atom is -0.456 e. The predicted molar refractivity (Wildman–Crippen MR) is 185 cm³/mol. The van der Waals surface area contributed by atoms with Crippen molar-refractivity contribution in [1.29, 1.82) is 0 Å². The molecule has 1 heterocycles. The molecule has 208 valence electrons. The lowest BCUT2D eigenvalue weighted by atomic mass is 10.00. The van der Waals surface area contributed by atoms with E-state index in [4.69, 9.17) is 4.42 Å². The maximum Gasteiger partial charge on any atom is 0.137 e. The standard InChI is InChI=1S/C42H29NO/c1-2-10-30(11-3-1)32-18-20-33(21-19-32)34-22-25-37(26-23-34)43(38-27-24-31-12-4-5-13-35(31)28-38)40-16-8-7-15-39(40)42-29-36-14-6-9-17-41(36)44-42/h1-29H. The molecule has 0 spiro atoms. The van der Waals surface area contributed by atoms with Crippen LogP contribution in [0.2, 0.25) is 0 Å². The van der Waals surface area contributed by atoms with Crippen molar-refractivity contribution in [2.75, 3.05) is 4.90 Å². The molecular weight excluding hydrogens is 534 g/mol. The van der Waals surface area contributed by atoms with Gasteiger partial charge in [-0.25, -0.2) is 0 Å². The summed E-state index contributed by atoms with van der Waals surface area (Å²) in [6.07, 6.45) is 0. The molecule has 0 aliphatic rings. The third-order valence-corrected chi connectivity index (χ3v) is 8.28. The maximum atomic E-state index is 6.38. The number of fused-ring (bicyclic) bond motifs is 2. The smallest absolute Gasteiger partial charge is 0.137 e. The van der Waals surface area contributed by atoms with E-state index in [1.165, 1.54) is 33.0 Å². The summed E-state index contributed by atoms with van der Waals surface area (Å²) in [4.78, 5) is 2.33. The van der Waals surface area contributed by atoms with Crippen LogP contribution < -0.4 is 4.90 Å². The van der Waals surface area contributed by atoms with Crippen molar-refractivity contribution in [2.45, 2.75) is 0 Å². The van der Waals surface area contributed by atoms with Crippen molar-refractivity contribution in [3.8, 4) is 33.6 Å². The minimum absolute atomic E-state index is 0.850. The summed E-state index contributed by atoms with van der Waals surface area (Å²) in [5.41, 5.74) is 9.96. The molecule has 0 atom stereocenters. The molecule has 0 N–H and O–H groups in total. The van der Waals surface area contributed by atoms with Crippen molar-refractivity contribution >= 4 is 38.8 Å². The number of para-hydroxylation sites is 2. The summed E-state index contributed by atoms with van der Waals surface area (Å²) < 4.78 is 6.38. The highest BCUT2D eigenvalue weighted by Crippen LogP contribution is 2.43. The molecule has 0 unspecified atom stereocenters. The van der Waals surface area contributed by atoms with Crippen molar-refractivity contribution < 1.29 is 4.42 Å². The van der Waals surface area contributed by atoms with Crippen LogP contribution in [0.1, 0.15) is 0 Å². The average molecular weight is 564 g/mol. The lowest BCUT2D eigenvalue weighted by Crippen LogP contribution is -2.11. The van der Waals surface area contributed by atoms with Crippen LogP contribution in [0.25, 0.3) is 55.3 Å². The highest BCUT2D eigenvalue weighted by Gasteiger charge is 2.19. The first-order valence-corrected chi connectivity index (χ1v) is 14.9. The average Bonchev–Trinajstić information content (AvgIpc) is 3.54. The van der Waals surface area contributed by atoms with Crippen LogP contribution in [0.3, 0.4) is 0 Å². The second-order valence-electron chi connectivity index (χ2n) is 11.0. The molecule has 8 aromatic rings. The molecular formula is C42H29NO. The van der Waals surface area contributed by atoms with Crippen LogP contribution in [-0.4, -0.2) is 0 Å². The molecule has 44 heavy (non-hydrogen) atoms. The lowest BCUT2D eigenvalue weighted by molar-refractivity contribution is 0.631. The van der Waals surface area contributed by atoms with Gasteiger partial charge in [0.2, 0.25) is 0 Å². The normalized spacial score (nSPS) is 11.2. The second kappa shape index (κ2) is 11.1. The van der Waals surface area contributed by atoms with Crippen LogP contribution in [0, 0.1) is 0 Å². The van der Waals surface area contributed by atoms with E-state index in [1.807, 2.05) is 18.2 Å². The number of hydrogen-bond donors (Lipinski definition) is 0. The van der Waals surface area contributed by atoms with Gasteiger partial charge in [0.1, 0.15) is 11.3 Å². The fourth-order valence-corrected chi connectivity index (χ4v) is 6.02. The van der Waals surface area contributed by atoms with Gasteiger partial charge in [0.05, 0.1) is 5.69 Å². The zero-order valence-electron chi connectivity index (χ0n) is 24.1. The molecule has 0 bridgehead atoms. The summed E-state index contributed by atoms with van der Waals surface area (Å²) in [5.74, 6) is 0.850. The fraction of sp³-hybridized carbons (Fsp3) is 0. The van der Waals surface area contributed by atoms with E-state index in [9.17, 15) is 0 Å². The quantitative estimate of drug-likeness (QED) is 0.200. The monoisotopic (exact) mass is 563 g/mol. The van der Waals surface area contributed by atoms with Gasteiger partial charge in [-0.3, -0.25) is 0 Å². The van der Waals surface area contributed by atoms with Crippen molar-refractivity contribution in [3.05, 3.63) is 176 Å². The van der Waals surface area contributed by atoms with Gasteiger partial charge >= 0.3 is 0 Å². The number of benzene rings is 7. The van der Waals surface area contributed by atoms with E-state index in [-0.39, 0.29) is 0 Å². The van der Waals surface area contributed by atoms with Crippen molar-refractivity contribution in [1.82, 2.24) is 0 Å². The molecule has 2 heteroatoms. The van der Waals surface area contributed by atoms with E-state index >= 15 is 0 Å². The Labute approximate surface area is 257 Å². The van der Waals surface area contributed by atoms with E-state index in [0.29, 0.717) is 0 Å². The first kappa shape index (κ1) is 25.8. The van der Waals surface area contributed by atoms with Crippen LogP contribution in [-0.2, 0) is 0 Å². The van der Waals surface area contributed by atoms with Gasteiger partial charge in [-0.05, 0) is 81.6 Å². The number of furan rings is 1. The number of rotatable bonds is 6. The van der Waals surface area contributed by atoms with E-state index in [0.717, 1.165) is 39.4 Å². The van der Waals surface area contributed by atoms with Crippen LogP contribution in [0.15, 0.2) is 180 Å². The molecule has 0 radical (unpaired) electrons. The minimum atomic E-state index is 0.850. The third kappa shape index (κ3) is 4.83. The zero-order chi connectivity index (χ0) is 29.3. The Morgan fingerprint density at radius 1 is 0.364 bits per heavy atom. The van der Waals surface area contributed by atoms with Crippen molar-refractivity contribution in [3.63, 3.8) is 0 Å². The molecule has 0 saturated carbocycles. The largest absolute Gasteiger partial charge is 0.456 e. The van der Waals surface area contributed by atoms with E-state index in [1.54, 1.807) is 0 Å². The Hall–Kier alpha value is -5.86. The molecule has 0 amide bonds. The predicted octanol–water partition coefficient (Wildman–Crippen LogP) is 12.1. The van der Waals surface area contributed by atoms with Crippen LogP contribution in [0.5, 0.6) is 0 Å². The summed E-state index contributed by atoms with van der Waals surface area (Å²) in [5, 5.41) is 3.51. The topological polar surface area (TPSA) is 16.4 Å². The molecule has 0 fully saturated rings. The van der Waals surface area contributed by atoms with Gasteiger partial charge in [-0.15, -0.1) is 0 Å². The maximum absolute atomic E-state index is 6.38. The van der Waals surface area contributed by atoms with Gasteiger partial charge in [-0.2, -0.15) is 0 Å². The highest BCUT2D eigenvalue weighted by molar-refractivity contribution is 5.94. The SMILES string of the molecule is c1ccc(-c2ccc(-c3ccc(N(c4ccc5ccccc5c4)c4ccccc4-c4cc5ccccc5o4)cc3)cc2)cc1. The summed E-state index contributed by atoms with van der Waals surface area (Å²) in [6.45, 7) is 0. The van der Waals surface area contributed by atoms with Crippen LogP contribution in [0.4, 0.5) is 17.1 Å². The number of anilines is 3. The Bertz CT molecular complexity index is 2180. The Balaban J connectivity index is 1.22. The van der Waals surface area contributed by atoms with E-state index in [2.05, 4.69) is 163 Å². The molecule has 0 aliphatic carbocycles. The van der Waals surface area contributed by atoms with E-state index < -0.39 is 0 Å². The first-order chi connectivity index (χ1) is 21.8. The lowest BCUT2D eigenvalue weighted by Gasteiger charge is -2.28. The summed E-state index contributed by atoms with van der Waals surface area (Å²) in [7, 11) is 0. The Kier molecular flexibility index (Phi) is 6.51. The first-order valence-electron chi connectivity index (χ1n) is 14.9. The van der Waals surface area contributed by atoms with Gasteiger partial charge in [0.15, 0.2) is 0 Å². The molecule has 8 rings (SSSR count). The molecule has 0 aliphatic heterocycles. The number of hydrogen-bond acceptors (Lipinski definition) is 2. The fourth-order valence-electron chi connectivity index (χ4n) is 6.02. The Morgan fingerprint density at radius 2 is 0.909 bits per heavy atom. The second-order valence-corrected chi connectivity index (χ2v) is 11.0. The molecule has 2 nitrogen and oxygen atoms in total. The van der Waals surface area contributed by atoms with Gasteiger partial charge in [0.25, 0.3) is 0 Å². The van der Waals surface area contributed by atoms with Crippen LogP contribution >= 0.6 is 0 Å². The highest BCUT2D eigenvalue weighted by atomic mass is 16.3. The summed E-state index contributed by atoms with van der Waals surface area (Å²) in [6, 6.07) is 62.1. The third-order valence-electron chi connectivity index (χ3n) is 8.28. The molecule has 0 saturated heterocycles. The summed E-state index contributed by atoms with van der Waals surface area (Å²) >= 11 is 0. The molecule has 1 aromatic heterocycles. The zero-order valence-corrected chi connectivity index (χ0v) is 24.1. The number of nitrogens with zero attached hydrogens (tertiary/aromatic N) is 1. The van der Waals surface area contributed by atoms with Crippen molar-refractivity contribution in [2.24, 2.45) is 0 Å². The molecule has 7 aromatic carbocycles. The van der Waals surface area contributed by atoms with Gasteiger partial charge in [-0.1, -0.05) is 127 Å². The van der Waals surface area contributed by atoms with Gasteiger partial charge in [0, 0.05) is 22.3 Å².